The molecule has 1 aromatic heterocycles. The Hall–Kier alpha value is -2.77. The lowest BCUT2D eigenvalue weighted by Gasteiger charge is -2.14. The van der Waals surface area contributed by atoms with Gasteiger partial charge in [-0.1, -0.05) is 27.4 Å². The van der Waals surface area contributed by atoms with E-state index in [-0.39, 0.29) is 29.0 Å². The Bertz CT molecular complexity index is 793. The van der Waals surface area contributed by atoms with E-state index in [1.807, 2.05) is 34.6 Å². The highest BCUT2D eigenvalue weighted by molar-refractivity contribution is 6.27. The molecule has 0 spiro atoms. The zero-order chi connectivity index (χ0) is 18.9. The van der Waals surface area contributed by atoms with Gasteiger partial charge >= 0.3 is 6.03 Å². The third-order valence-corrected chi connectivity index (χ3v) is 3.49. The van der Waals surface area contributed by atoms with Crippen molar-refractivity contribution in [3.8, 4) is 0 Å². The summed E-state index contributed by atoms with van der Waals surface area (Å²) in [5.41, 5.74) is 1.21. The minimum absolute atomic E-state index is 0.0179. The molecule has 8 heteroatoms. The van der Waals surface area contributed by atoms with Gasteiger partial charge in [0.1, 0.15) is 5.82 Å². The maximum absolute atomic E-state index is 12.1. The van der Waals surface area contributed by atoms with Crippen molar-refractivity contribution in [3.05, 3.63) is 23.9 Å². The summed E-state index contributed by atoms with van der Waals surface area (Å²) < 4.78 is 1.37. The number of rotatable bonds is 2. The SMILES string of the molecule is C=C1C(=O)N=C(n2nc(C(C)(C)C)cc2NC(=O)NC(C)C)N=C1C. The molecule has 0 radical (unpaired) electrons. The van der Waals surface area contributed by atoms with Crippen molar-refractivity contribution in [2.24, 2.45) is 9.98 Å². The molecular weight excluding hydrogens is 320 g/mol. The van der Waals surface area contributed by atoms with Gasteiger partial charge in [-0.3, -0.25) is 10.1 Å². The van der Waals surface area contributed by atoms with E-state index in [9.17, 15) is 9.59 Å². The number of anilines is 1. The van der Waals surface area contributed by atoms with Crippen molar-refractivity contribution in [2.75, 3.05) is 5.32 Å². The number of nitrogens with zero attached hydrogens (tertiary/aromatic N) is 4. The van der Waals surface area contributed by atoms with Gasteiger partial charge in [-0.05, 0) is 20.8 Å². The first-order valence-electron chi connectivity index (χ1n) is 8.05. The lowest BCUT2D eigenvalue weighted by molar-refractivity contribution is -0.113. The Morgan fingerprint density at radius 2 is 1.92 bits per heavy atom. The van der Waals surface area contributed by atoms with Crippen molar-refractivity contribution in [2.45, 2.75) is 53.0 Å². The molecule has 1 aliphatic rings. The average molecular weight is 344 g/mol. The van der Waals surface area contributed by atoms with Crippen molar-refractivity contribution in [1.29, 1.82) is 0 Å². The van der Waals surface area contributed by atoms with Gasteiger partial charge in [0.05, 0.1) is 17.0 Å². The first-order chi connectivity index (χ1) is 11.5. The molecule has 134 valence electrons. The van der Waals surface area contributed by atoms with Gasteiger partial charge in [-0.15, -0.1) is 0 Å². The standard InChI is InChI=1S/C17H24N6O2/c1-9(2)18-16(25)20-13-8-12(17(5,6)7)22-23(13)15-19-11(4)10(3)14(24)21-15/h8-9H,3H2,1-2,4-7H3,(H2,18,20,25). The lowest BCUT2D eigenvalue weighted by Crippen LogP contribution is -2.35. The second kappa shape index (κ2) is 6.62. The molecular formula is C17H24N6O2. The molecule has 2 rings (SSSR count). The van der Waals surface area contributed by atoms with Crippen LogP contribution >= 0.6 is 0 Å². The number of hydrogen-bond acceptors (Lipinski definition) is 4. The van der Waals surface area contributed by atoms with Crippen LogP contribution in [-0.4, -0.2) is 39.4 Å². The van der Waals surface area contributed by atoms with Crippen LogP contribution in [0.15, 0.2) is 28.2 Å². The highest BCUT2D eigenvalue weighted by Crippen LogP contribution is 2.24. The molecule has 8 nitrogen and oxygen atoms in total. The van der Waals surface area contributed by atoms with E-state index >= 15 is 0 Å². The first kappa shape index (κ1) is 18.6. The Balaban J connectivity index is 2.47. The number of hydrogen-bond donors (Lipinski definition) is 2. The Morgan fingerprint density at radius 1 is 1.28 bits per heavy atom. The van der Waals surface area contributed by atoms with Crippen LogP contribution in [0.4, 0.5) is 10.6 Å². The van der Waals surface area contributed by atoms with Crippen LogP contribution in [0, 0.1) is 0 Å². The molecule has 2 heterocycles. The van der Waals surface area contributed by atoms with E-state index < -0.39 is 5.91 Å². The van der Waals surface area contributed by atoms with Crippen LogP contribution in [0.5, 0.6) is 0 Å². The van der Waals surface area contributed by atoms with Crippen LogP contribution in [0.2, 0.25) is 0 Å². The van der Waals surface area contributed by atoms with Crippen LogP contribution < -0.4 is 10.6 Å². The van der Waals surface area contributed by atoms with E-state index in [0.717, 1.165) is 5.69 Å². The molecule has 0 atom stereocenters. The average Bonchev–Trinajstić information content (AvgIpc) is 2.87. The third kappa shape index (κ3) is 4.20. The maximum atomic E-state index is 12.1. The molecule has 0 saturated carbocycles. The quantitative estimate of drug-likeness (QED) is 0.806. The number of carbonyl (C=O) groups excluding carboxylic acids is 2. The molecule has 1 aromatic rings. The number of carbonyl (C=O) groups is 2. The minimum atomic E-state index is -0.465. The highest BCUT2D eigenvalue weighted by atomic mass is 16.2. The van der Waals surface area contributed by atoms with E-state index in [1.165, 1.54) is 4.68 Å². The number of amides is 3. The van der Waals surface area contributed by atoms with Crippen LogP contribution in [-0.2, 0) is 10.2 Å². The van der Waals surface area contributed by atoms with Crippen LogP contribution in [0.25, 0.3) is 0 Å². The van der Waals surface area contributed by atoms with Crippen molar-refractivity contribution < 1.29 is 9.59 Å². The summed E-state index contributed by atoms with van der Waals surface area (Å²) in [4.78, 5) is 32.3. The molecule has 0 unspecified atom stereocenters. The fourth-order valence-corrected chi connectivity index (χ4v) is 2.05. The van der Waals surface area contributed by atoms with Gasteiger partial charge in [0.15, 0.2) is 0 Å². The molecule has 3 amide bonds. The van der Waals surface area contributed by atoms with Crippen molar-refractivity contribution in [3.63, 3.8) is 0 Å². The molecule has 0 saturated heterocycles. The smallest absolute Gasteiger partial charge is 0.320 e. The van der Waals surface area contributed by atoms with E-state index in [1.54, 1.807) is 13.0 Å². The molecule has 0 fully saturated rings. The number of urea groups is 1. The van der Waals surface area contributed by atoms with E-state index in [4.69, 9.17) is 0 Å². The zero-order valence-corrected chi connectivity index (χ0v) is 15.5. The molecule has 1 aliphatic heterocycles. The van der Waals surface area contributed by atoms with Gasteiger partial charge in [-0.25, -0.2) is 9.79 Å². The Kier molecular flexibility index (Phi) is 4.92. The molecule has 0 bridgehead atoms. The topological polar surface area (TPSA) is 101 Å². The Labute approximate surface area is 147 Å². The summed E-state index contributed by atoms with van der Waals surface area (Å²) in [5.74, 6) is 0.0248. The Morgan fingerprint density at radius 3 is 2.44 bits per heavy atom. The molecule has 2 N–H and O–H groups in total. The molecule has 0 aromatic carbocycles. The summed E-state index contributed by atoms with van der Waals surface area (Å²) in [7, 11) is 0. The predicted molar refractivity (Wildman–Crippen MR) is 98.3 cm³/mol. The summed E-state index contributed by atoms with van der Waals surface area (Å²) >= 11 is 0. The highest BCUT2D eigenvalue weighted by Gasteiger charge is 2.25. The van der Waals surface area contributed by atoms with Crippen LogP contribution in [0.1, 0.15) is 47.2 Å². The number of aliphatic imine (C=N–C) groups is 2. The molecule has 25 heavy (non-hydrogen) atoms. The van der Waals surface area contributed by atoms with Crippen LogP contribution in [0.3, 0.4) is 0 Å². The van der Waals surface area contributed by atoms with Gasteiger partial charge in [0, 0.05) is 17.5 Å². The predicted octanol–water partition coefficient (Wildman–Crippen LogP) is 2.47. The first-order valence-corrected chi connectivity index (χ1v) is 8.05. The zero-order valence-electron chi connectivity index (χ0n) is 15.5. The summed E-state index contributed by atoms with van der Waals surface area (Å²) in [6.07, 6.45) is 0. The summed E-state index contributed by atoms with van der Waals surface area (Å²) in [5, 5.41) is 9.97. The molecule has 0 aliphatic carbocycles. The summed E-state index contributed by atoms with van der Waals surface area (Å²) in [6.45, 7) is 15.1. The van der Waals surface area contributed by atoms with Gasteiger partial charge < -0.3 is 5.32 Å². The van der Waals surface area contributed by atoms with E-state index in [0.29, 0.717) is 11.5 Å². The third-order valence-electron chi connectivity index (χ3n) is 3.49. The van der Waals surface area contributed by atoms with Crippen molar-refractivity contribution in [1.82, 2.24) is 15.1 Å². The fraction of sp³-hybridized carbons (Fsp3) is 0.471. The van der Waals surface area contributed by atoms with Gasteiger partial charge in [-0.2, -0.15) is 14.8 Å². The second-order valence-electron chi connectivity index (χ2n) is 7.22. The monoisotopic (exact) mass is 344 g/mol. The maximum Gasteiger partial charge on any atom is 0.320 e. The van der Waals surface area contributed by atoms with E-state index in [2.05, 4.69) is 32.3 Å². The largest absolute Gasteiger partial charge is 0.336 e. The van der Waals surface area contributed by atoms with Gasteiger partial charge in [0.25, 0.3) is 11.9 Å². The second-order valence-corrected chi connectivity index (χ2v) is 7.22. The normalized spacial score (nSPS) is 15.2. The number of nitrogens with one attached hydrogen (secondary N) is 2. The fourth-order valence-electron chi connectivity index (χ4n) is 2.05. The minimum Gasteiger partial charge on any atom is -0.336 e. The number of aromatic nitrogens is 2. The van der Waals surface area contributed by atoms with Gasteiger partial charge in [0.2, 0.25) is 0 Å². The summed E-state index contributed by atoms with van der Waals surface area (Å²) in [6, 6.07) is 1.36. The lowest BCUT2D eigenvalue weighted by atomic mass is 9.92. The van der Waals surface area contributed by atoms with Crippen molar-refractivity contribution >= 4 is 29.4 Å².